The van der Waals surface area contributed by atoms with Gasteiger partial charge in [-0.05, 0) is 33.3 Å². The second-order valence-electron chi connectivity index (χ2n) is 6.20. The molecule has 4 atom stereocenters. The molecule has 2 aliphatic carbocycles. The Hall–Kier alpha value is -0.790. The molecular formula is C13H19NO. The molecule has 0 aromatic rings. The Morgan fingerprint density at radius 3 is 1.87 bits per heavy atom. The molecule has 2 heteroatoms. The molecule has 2 nitrogen and oxygen atoms in total. The lowest BCUT2D eigenvalue weighted by Crippen LogP contribution is -2.47. The van der Waals surface area contributed by atoms with Crippen molar-refractivity contribution in [3.8, 4) is 0 Å². The van der Waals surface area contributed by atoms with Crippen LogP contribution in [0.1, 0.15) is 41.5 Å². The lowest BCUT2D eigenvalue weighted by molar-refractivity contribution is -0.125. The van der Waals surface area contributed by atoms with E-state index in [0.717, 1.165) is 0 Å². The van der Waals surface area contributed by atoms with E-state index in [0.29, 0.717) is 0 Å². The number of allylic oxidation sites excluding steroid dienone is 1. The summed E-state index contributed by atoms with van der Waals surface area (Å²) in [5.41, 5.74) is 2.67. The van der Waals surface area contributed by atoms with Gasteiger partial charge in [0.25, 0.3) is 0 Å². The van der Waals surface area contributed by atoms with Gasteiger partial charge in [-0.25, -0.2) is 0 Å². The average Bonchev–Trinajstić information content (AvgIpc) is 2.48. The van der Waals surface area contributed by atoms with Crippen molar-refractivity contribution in [2.75, 3.05) is 0 Å². The van der Waals surface area contributed by atoms with Crippen LogP contribution in [0.2, 0.25) is 0 Å². The molecule has 3 aliphatic rings. The lowest BCUT2D eigenvalue weighted by atomic mass is 9.79. The Kier molecular flexibility index (Phi) is 1.12. The van der Waals surface area contributed by atoms with Gasteiger partial charge < -0.3 is 5.32 Å². The molecule has 1 amide bonds. The predicted molar refractivity (Wildman–Crippen MR) is 59.2 cm³/mol. The largest absolute Gasteiger partial charge is 0.346 e. The first-order valence-corrected chi connectivity index (χ1v) is 5.70. The monoisotopic (exact) mass is 205 g/mol. The zero-order valence-electron chi connectivity index (χ0n) is 10.4. The van der Waals surface area contributed by atoms with Crippen molar-refractivity contribution in [3.63, 3.8) is 0 Å². The normalized spacial score (nSPS) is 60.8. The molecule has 0 bridgehead atoms. The van der Waals surface area contributed by atoms with Crippen LogP contribution in [-0.4, -0.2) is 11.4 Å². The third-order valence-corrected chi connectivity index (χ3v) is 6.82. The number of nitrogens with one attached hydrogen (secondary N) is 1. The van der Waals surface area contributed by atoms with Gasteiger partial charge >= 0.3 is 0 Å². The van der Waals surface area contributed by atoms with Gasteiger partial charge in [0, 0.05) is 10.8 Å². The number of carbonyl (C=O) groups excluding carboxylic acids is 1. The minimum absolute atomic E-state index is 0.0816. The molecule has 0 aromatic carbocycles. The van der Waals surface area contributed by atoms with Crippen LogP contribution in [0.25, 0.3) is 0 Å². The zero-order chi connectivity index (χ0) is 11.4. The smallest absolute Gasteiger partial charge is 0.228 e. The number of piperidine rings is 1. The first kappa shape index (κ1) is 9.44. The van der Waals surface area contributed by atoms with Crippen LogP contribution in [0.15, 0.2) is 11.1 Å². The van der Waals surface area contributed by atoms with E-state index < -0.39 is 0 Å². The van der Waals surface area contributed by atoms with Crippen molar-refractivity contribution in [1.29, 1.82) is 0 Å². The topological polar surface area (TPSA) is 29.1 Å². The highest BCUT2D eigenvalue weighted by atomic mass is 16.2. The first-order chi connectivity index (χ1) is 6.69. The maximum atomic E-state index is 12.2. The third-order valence-electron chi connectivity index (χ3n) is 6.82. The molecule has 1 heterocycles. The van der Waals surface area contributed by atoms with E-state index in [2.05, 4.69) is 46.9 Å². The summed E-state index contributed by atoms with van der Waals surface area (Å²) in [7, 11) is 0. The molecule has 1 saturated carbocycles. The molecule has 0 spiro atoms. The highest BCUT2D eigenvalue weighted by Crippen LogP contribution is 2.91. The van der Waals surface area contributed by atoms with Crippen LogP contribution in [0, 0.1) is 16.2 Å². The lowest BCUT2D eigenvalue weighted by Gasteiger charge is -2.31. The fraction of sp³-hybridized carbons (Fsp3) is 0.769. The Bertz CT molecular complexity index is 445. The molecule has 1 saturated heterocycles. The molecule has 1 N–H and O–H groups in total. The maximum Gasteiger partial charge on any atom is 0.228 e. The van der Waals surface area contributed by atoms with E-state index in [-0.39, 0.29) is 27.7 Å². The second kappa shape index (κ2) is 1.79. The van der Waals surface area contributed by atoms with Crippen molar-refractivity contribution in [2.24, 2.45) is 16.2 Å². The summed E-state index contributed by atoms with van der Waals surface area (Å²) in [5.74, 6) is 0.242. The summed E-state index contributed by atoms with van der Waals surface area (Å²) >= 11 is 0. The Labute approximate surface area is 91.1 Å². The third kappa shape index (κ3) is 0.458. The minimum atomic E-state index is -0.182. The van der Waals surface area contributed by atoms with Crippen LogP contribution in [0.5, 0.6) is 0 Å². The standard InChI is InChI=1S/C13H19NO/c1-7-8(2)12(5)13(6)10(7,3)11(13,4)9(15)14-12/h1-6H3,(H,14,15)/t10-,11-,12-,13+/m0/s1. The summed E-state index contributed by atoms with van der Waals surface area (Å²) in [6, 6.07) is 0. The molecule has 0 radical (unpaired) electrons. The maximum absolute atomic E-state index is 12.2. The Morgan fingerprint density at radius 1 is 0.933 bits per heavy atom. The average molecular weight is 205 g/mol. The van der Waals surface area contributed by atoms with E-state index in [9.17, 15) is 4.79 Å². The van der Waals surface area contributed by atoms with E-state index in [4.69, 9.17) is 0 Å². The van der Waals surface area contributed by atoms with Gasteiger partial charge in [0.1, 0.15) is 0 Å². The Balaban J connectivity index is 2.38. The highest BCUT2D eigenvalue weighted by molar-refractivity contribution is 5.97. The molecule has 3 rings (SSSR count). The number of carbonyl (C=O) groups is 1. The quantitative estimate of drug-likeness (QED) is 0.604. The van der Waals surface area contributed by atoms with Gasteiger partial charge in [-0.1, -0.05) is 19.4 Å². The van der Waals surface area contributed by atoms with Gasteiger partial charge in [0.05, 0.1) is 11.0 Å². The van der Waals surface area contributed by atoms with Crippen molar-refractivity contribution in [2.45, 2.75) is 47.1 Å². The van der Waals surface area contributed by atoms with Crippen molar-refractivity contribution in [1.82, 2.24) is 5.32 Å². The Morgan fingerprint density at radius 2 is 1.47 bits per heavy atom. The van der Waals surface area contributed by atoms with E-state index >= 15 is 0 Å². The van der Waals surface area contributed by atoms with Crippen LogP contribution in [0.3, 0.4) is 0 Å². The molecule has 2 fully saturated rings. The molecule has 0 unspecified atom stereocenters. The summed E-state index contributed by atoms with van der Waals surface area (Å²) in [6.07, 6.45) is 0. The SMILES string of the molecule is CC1=C(C)[C@]2(C)NC(=O)[C@@]3(C)[C@@]1(C)[C@]32C. The van der Waals surface area contributed by atoms with Crippen LogP contribution < -0.4 is 5.32 Å². The molecule has 82 valence electrons. The van der Waals surface area contributed by atoms with Crippen LogP contribution in [-0.2, 0) is 4.79 Å². The van der Waals surface area contributed by atoms with E-state index in [1.807, 2.05) is 0 Å². The number of amides is 1. The number of rotatable bonds is 0. The van der Waals surface area contributed by atoms with Gasteiger partial charge in [0.15, 0.2) is 0 Å². The molecule has 1 aliphatic heterocycles. The van der Waals surface area contributed by atoms with E-state index in [1.165, 1.54) is 11.1 Å². The number of hydrogen-bond acceptors (Lipinski definition) is 1. The summed E-state index contributed by atoms with van der Waals surface area (Å²) in [5, 5.41) is 3.21. The van der Waals surface area contributed by atoms with Gasteiger partial charge in [-0.2, -0.15) is 0 Å². The fourth-order valence-electron chi connectivity index (χ4n) is 5.02. The van der Waals surface area contributed by atoms with Gasteiger partial charge in [-0.15, -0.1) is 0 Å². The van der Waals surface area contributed by atoms with Gasteiger partial charge in [0.2, 0.25) is 5.91 Å². The van der Waals surface area contributed by atoms with Crippen molar-refractivity contribution >= 4 is 5.91 Å². The molecule has 15 heavy (non-hydrogen) atoms. The number of hydrogen-bond donors (Lipinski definition) is 1. The molecule has 0 aromatic heterocycles. The zero-order valence-corrected chi connectivity index (χ0v) is 10.4. The van der Waals surface area contributed by atoms with Crippen molar-refractivity contribution in [3.05, 3.63) is 11.1 Å². The van der Waals surface area contributed by atoms with Crippen LogP contribution >= 0.6 is 0 Å². The first-order valence-electron chi connectivity index (χ1n) is 5.70. The second-order valence-corrected chi connectivity index (χ2v) is 6.20. The summed E-state index contributed by atoms with van der Waals surface area (Å²) in [6.45, 7) is 13.2. The predicted octanol–water partition coefficient (Wildman–Crippen LogP) is 2.26. The van der Waals surface area contributed by atoms with Gasteiger partial charge in [-0.3, -0.25) is 4.79 Å². The molecular weight excluding hydrogens is 186 g/mol. The van der Waals surface area contributed by atoms with Crippen molar-refractivity contribution < 1.29 is 4.79 Å². The van der Waals surface area contributed by atoms with E-state index in [1.54, 1.807) is 0 Å². The van der Waals surface area contributed by atoms with Crippen LogP contribution in [0.4, 0.5) is 0 Å². The highest BCUT2D eigenvalue weighted by Gasteiger charge is 2.95. The summed E-state index contributed by atoms with van der Waals surface area (Å²) < 4.78 is 0. The number of fused-ring (bicyclic) bond motifs is 1. The summed E-state index contributed by atoms with van der Waals surface area (Å²) in [4.78, 5) is 12.2. The fourth-order valence-corrected chi connectivity index (χ4v) is 5.02. The minimum Gasteiger partial charge on any atom is -0.346 e.